The minimum atomic E-state index is -0.215. The van der Waals surface area contributed by atoms with E-state index in [-0.39, 0.29) is 11.7 Å². The first kappa shape index (κ1) is 7.65. The van der Waals surface area contributed by atoms with E-state index in [1.807, 2.05) is 0 Å². The molecule has 0 aliphatic rings. The molecule has 11 heavy (non-hydrogen) atoms. The van der Waals surface area contributed by atoms with E-state index in [0.29, 0.717) is 5.69 Å². The normalized spacial score (nSPS) is 9.64. The van der Waals surface area contributed by atoms with Crippen LogP contribution in [0.2, 0.25) is 0 Å². The van der Waals surface area contributed by atoms with Crippen LogP contribution >= 0.6 is 0 Å². The third kappa shape index (κ3) is 1.34. The van der Waals surface area contributed by atoms with Gasteiger partial charge in [-0.1, -0.05) is 0 Å². The molecule has 0 aliphatic carbocycles. The summed E-state index contributed by atoms with van der Waals surface area (Å²) < 4.78 is 4.87. The molecule has 2 N–H and O–H groups in total. The Morgan fingerprint density at radius 2 is 2.27 bits per heavy atom. The molecule has 0 unspecified atom stereocenters. The number of nitrogens with two attached hydrogens (primary N) is 1. The zero-order chi connectivity index (χ0) is 8.43. The quantitative estimate of drug-likeness (QED) is 0.643. The molecule has 0 spiro atoms. The fourth-order valence-corrected chi connectivity index (χ4v) is 0.696. The van der Waals surface area contributed by atoms with Crippen molar-refractivity contribution in [2.45, 2.75) is 0 Å². The van der Waals surface area contributed by atoms with Gasteiger partial charge < -0.3 is 15.1 Å². The third-order valence-electron chi connectivity index (χ3n) is 1.30. The van der Waals surface area contributed by atoms with E-state index in [1.54, 1.807) is 20.2 Å². The van der Waals surface area contributed by atoms with Crippen molar-refractivity contribution in [2.75, 3.05) is 19.8 Å². The zero-order valence-electron chi connectivity index (χ0n) is 6.50. The van der Waals surface area contributed by atoms with E-state index in [0.717, 1.165) is 0 Å². The summed E-state index contributed by atoms with van der Waals surface area (Å²) in [6, 6.07) is 1.55. The van der Waals surface area contributed by atoms with Crippen LogP contribution in [0, 0.1) is 0 Å². The predicted octanol–water partition coefficient (Wildman–Crippen LogP) is 0.564. The van der Waals surface area contributed by atoms with E-state index >= 15 is 0 Å². The van der Waals surface area contributed by atoms with E-state index in [2.05, 4.69) is 0 Å². The summed E-state index contributed by atoms with van der Waals surface area (Å²) in [5, 5.41) is 0. The Morgan fingerprint density at radius 3 is 2.64 bits per heavy atom. The number of nitrogen functional groups attached to an aromatic ring is 1. The molecule has 1 aromatic rings. The van der Waals surface area contributed by atoms with Gasteiger partial charge in [0.25, 0.3) is 5.91 Å². The molecular weight excluding hydrogens is 144 g/mol. The second-order valence-corrected chi connectivity index (χ2v) is 2.40. The van der Waals surface area contributed by atoms with Crippen LogP contribution < -0.4 is 5.73 Å². The average molecular weight is 154 g/mol. The maximum Gasteiger partial charge on any atom is 0.291 e. The van der Waals surface area contributed by atoms with Gasteiger partial charge in [0.15, 0.2) is 0 Å². The van der Waals surface area contributed by atoms with Crippen LogP contribution in [-0.2, 0) is 0 Å². The number of hydrogen-bond acceptors (Lipinski definition) is 3. The monoisotopic (exact) mass is 154 g/mol. The predicted molar refractivity (Wildman–Crippen MR) is 41.1 cm³/mol. The maximum absolute atomic E-state index is 11.2. The van der Waals surface area contributed by atoms with Crippen LogP contribution in [0.25, 0.3) is 0 Å². The summed E-state index contributed by atoms with van der Waals surface area (Å²) in [5.41, 5.74) is 5.82. The highest BCUT2D eigenvalue weighted by molar-refractivity contribution is 5.95. The summed E-state index contributed by atoms with van der Waals surface area (Å²) in [5.74, 6) is -0.0116. The van der Waals surface area contributed by atoms with Gasteiger partial charge in [-0.15, -0.1) is 0 Å². The summed E-state index contributed by atoms with van der Waals surface area (Å²) in [7, 11) is 3.29. The molecule has 0 radical (unpaired) electrons. The van der Waals surface area contributed by atoms with Crippen molar-refractivity contribution in [2.24, 2.45) is 0 Å². The Balaban J connectivity index is 2.93. The molecule has 1 heterocycles. The molecule has 0 bridgehead atoms. The summed E-state index contributed by atoms with van der Waals surface area (Å²) in [6.45, 7) is 0. The van der Waals surface area contributed by atoms with Gasteiger partial charge in [0, 0.05) is 20.2 Å². The fraction of sp³-hybridized carbons (Fsp3) is 0.286. The van der Waals surface area contributed by atoms with Crippen LogP contribution in [0.3, 0.4) is 0 Å². The number of anilines is 1. The number of carbonyl (C=O) groups excluding carboxylic acids is 1. The smallest absolute Gasteiger partial charge is 0.291 e. The first-order chi connectivity index (χ1) is 5.13. The van der Waals surface area contributed by atoms with E-state index < -0.39 is 0 Å². The first-order valence-corrected chi connectivity index (χ1v) is 3.17. The van der Waals surface area contributed by atoms with Crippen molar-refractivity contribution in [3.8, 4) is 0 Å². The molecule has 0 atom stereocenters. The second-order valence-electron chi connectivity index (χ2n) is 2.40. The molecular formula is C7H10N2O2. The van der Waals surface area contributed by atoms with Gasteiger partial charge in [0.05, 0.1) is 12.0 Å². The minimum Gasteiger partial charge on any atom is -0.457 e. The van der Waals surface area contributed by atoms with Crippen LogP contribution in [0.15, 0.2) is 16.7 Å². The zero-order valence-corrected chi connectivity index (χ0v) is 6.50. The van der Waals surface area contributed by atoms with Crippen molar-refractivity contribution in [3.05, 3.63) is 18.1 Å². The number of amides is 1. The van der Waals surface area contributed by atoms with Gasteiger partial charge in [-0.2, -0.15) is 0 Å². The number of hydrogen-bond donors (Lipinski definition) is 1. The van der Waals surface area contributed by atoms with Crippen LogP contribution in [0.5, 0.6) is 0 Å². The van der Waals surface area contributed by atoms with Gasteiger partial charge in [-0.05, 0) is 0 Å². The largest absolute Gasteiger partial charge is 0.457 e. The molecule has 4 nitrogen and oxygen atoms in total. The molecule has 0 fully saturated rings. The Morgan fingerprint density at radius 1 is 1.64 bits per heavy atom. The lowest BCUT2D eigenvalue weighted by atomic mass is 10.3. The Kier molecular flexibility index (Phi) is 1.85. The van der Waals surface area contributed by atoms with E-state index in [4.69, 9.17) is 10.2 Å². The van der Waals surface area contributed by atoms with E-state index in [1.165, 1.54) is 11.2 Å². The molecule has 1 aromatic heterocycles. The third-order valence-corrected chi connectivity index (χ3v) is 1.30. The van der Waals surface area contributed by atoms with Gasteiger partial charge in [0.1, 0.15) is 0 Å². The molecule has 0 saturated carbocycles. The summed E-state index contributed by atoms with van der Waals surface area (Å²) in [6.07, 6.45) is 1.39. The fourth-order valence-electron chi connectivity index (χ4n) is 0.696. The van der Waals surface area contributed by atoms with Gasteiger partial charge in [0.2, 0.25) is 5.76 Å². The van der Waals surface area contributed by atoms with Gasteiger partial charge in [-0.25, -0.2) is 0 Å². The van der Waals surface area contributed by atoms with Crippen LogP contribution in [0.4, 0.5) is 5.69 Å². The highest BCUT2D eigenvalue weighted by Gasteiger charge is 2.14. The second kappa shape index (κ2) is 2.65. The van der Waals surface area contributed by atoms with Crippen molar-refractivity contribution in [1.29, 1.82) is 0 Å². The molecule has 60 valence electrons. The number of furan rings is 1. The van der Waals surface area contributed by atoms with Crippen molar-refractivity contribution in [3.63, 3.8) is 0 Å². The number of carbonyl (C=O) groups is 1. The number of rotatable bonds is 1. The number of nitrogens with zero attached hydrogens (tertiary/aromatic N) is 1. The minimum absolute atomic E-state index is 0.204. The standard InChI is InChI=1S/C7H10N2O2/c1-9(2)7(10)6-5(8)3-4-11-6/h3-4H,8H2,1-2H3. The molecule has 1 rings (SSSR count). The van der Waals surface area contributed by atoms with E-state index in [9.17, 15) is 4.79 Å². The van der Waals surface area contributed by atoms with Crippen molar-refractivity contribution >= 4 is 11.6 Å². The van der Waals surface area contributed by atoms with Crippen molar-refractivity contribution < 1.29 is 9.21 Å². The molecule has 0 aromatic carbocycles. The SMILES string of the molecule is CN(C)C(=O)c1occc1N. The molecule has 4 heteroatoms. The maximum atomic E-state index is 11.2. The Labute approximate surface area is 64.6 Å². The lowest BCUT2D eigenvalue weighted by Crippen LogP contribution is -2.21. The van der Waals surface area contributed by atoms with Gasteiger partial charge >= 0.3 is 0 Å². The highest BCUT2D eigenvalue weighted by atomic mass is 16.3. The average Bonchev–Trinajstić information content (AvgIpc) is 2.33. The van der Waals surface area contributed by atoms with Crippen LogP contribution in [-0.4, -0.2) is 24.9 Å². The topological polar surface area (TPSA) is 59.5 Å². The summed E-state index contributed by atoms with van der Waals surface area (Å²) >= 11 is 0. The molecule has 0 aliphatic heterocycles. The summed E-state index contributed by atoms with van der Waals surface area (Å²) in [4.78, 5) is 12.6. The Bertz CT molecular complexity index is 265. The molecule has 1 amide bonds. The Hall–Kier alpha value is -1.45. The highest BCUT2D eigenvalue weighted by Crippen LogP contribution is 2.13. The molecule has 0 saturated heterocycles. The first-order valence-electron chi connectivity index (χ1n) is 3.17. The van der Waals surface area contributed by atoms with Crippen molar-refractivity contribution in [1.82, 2.24) is 4.90 Å². The lowest BCUT2D eigenvalue weighted by molar-refractivity contribution is 0.0798. The van der Waals surface area contributed by atoms with Gasteiger partial charge in [-0.3, -0.25) is 4.79 Å². The lowest BCUT2D eigenvalue weighted by Gasteiger charge is -2.07. The van der Waals surface area contributed by atoms with Crippen LogP contribution in [0.1, 0.15) is 10.6 Å².